The molecule has 1 aromatic heterocycles. The van der Waals surface area contributed by atoms with Crippen molar-refractivity contribution in [2.24, 2.45) is 0 Å². The fourth-order valence-electron chi connectivity index (χ4n) is 2.23. The summed E-state index contributed by atoms with van der Waals surface area (Å²) in [5.41, 5.74) is 10.6. The lowest BCUT2D eigenvalue weighted by molar-refractivity contribution is 0.0678. The second-order valence-electron chi connectivity index (χ2n) is 4.86. The van der Waals surface area contributed by atoms with Crippen LogP contribution >= 0.6 is 0 Å². The molecular formula is C16H15N3O3. The minimum absolute atomic E-state index is 0.0647. The molecule has 0 radical (unpaired) electrons. The quantitative estimate of drug-likeness (QED) is 0.337. The molecule has 3 rings (SSSR count). The van der Waals surface area contributed by atoms with Gasteiger partial charge >= 0.3 is 5.91 Å². The third-order valence-electron chi connectivity index (χ3n) is 3.35. The number of anilines is 2. The average molecular weight is 297 g/mol. The first-order valence-corrected chi connectivity index (χ1v) is 6.72. The van der Waals surface area contributed by atoms with Crippen LogP contribution in [0.2, 0.25) is 0 Å². The van der Waals surface area contributed by atoms with E-state index in [2.05, 4.69) is 5.32 Å². The van der Waals surface area contributed by atoms with E-state index >= 15 is 0 Å². The molecule has 0 atom stereocenters. The monoisotopic (exact) mass is 297 g/mol. The molecule has 22 heavy (non-hydrogen) atoms. The lowest BCUT2D eigenvalue weighted by Gasteiger charge is -2.08. The van der Waals surface area contributed by atoms with E-state index in [1.54, 1.807) is 17.6 Å². The van der Waals surface area contributed by atoms with Gasteiger partial charge in [-0.3, -0.25) is 10.0 Å². The summed E-state index contributed by atoms with van der Waals surface area (Å²) in [6, 6.07) is 14.7. The Kier molecular flexibility index (Phi) is 3.67. The summed E-state index contributed by atoms with van der Waals surface area (Å²) < 4.78 is 5.35. The second kappa shape index (κ2) is 5.79. The van der Waals surface area contributed by atoms with Gasteiger partial charge in [-0.05, 0) is 35.9 Å². The number of carbonyl (C=O) groups excluding carboxylic acids is 1. The number of fused-ring (bicyclic) bond motifs is 1. The van der Waals surface area contributed by atoms with Crippen LogP contribution < -0.4 is 16.5 Å². The highest BCUT2D eigenvalue weighted by molar-refractivity contribution is 5.95. The summed E-state index contributed by atoms with van der Waals surface area (Å²) in [6.07, 6.45) is 0. The van der Waals surface area contributed by atoms with Gasteiger partial charge in [-0.1, -0.05) is 18.2 Å². The van der Waals surface area contributed by atoms with E-state index in [9.17, 15) is 4.79 Å². The van der Waals surface area contributed by atoms with Gasteiger partial charge in [0, 0.05) is 11.9 Å². The van der Waals surface area contributed by atoms with E-state index in [4.69, 9.17) is 15.4 Å². The molecule has 0 aliphatic carbocycles. The molecule has 0 saturated carbocycles. The molecule has 1 amide bonds. The van der Waals surface area contributed by atoms with Crippen LogP contribution in [-0.4, -0.2) is 11.1 Å². The van der Waals surface area contributed by atoms with Gasteiger partial charge < -0.3 is 15.5 Å². The molecule has 6 nitrogen and oxygen atoms in total. The number of hydrogen-bond donors (Lipinski definition) is 4. The van der Waals surface area contributed by atoms with Gasteiger partial charge in [0.1, 0.15) is 5.58 Å². The zero-order valence-electron chi connectivity index (χ0n) is 11.7. The van der Waals surface area contributed by atoms with Crippen LogP contribution in [0.1, 0.15) is 16.1 Å². The minimum Gasteiger partial charge on any atom is -0.451 e. The molecule has 5 N–H and O–H groups in total. The van der Waals surface area contributed by atoms with Crippen LogP contribution in [0.3, 0.4) is 0 Å². The highest BCUT2D eigenvalue weighted by Crippen LogP contribution is 2.22. The largest absolute Gasteiger partial charge is 0.451 e. The first kappa shape index (κ1) is 14.0. The number of para-hydroxylation sites is 2. The molecule has 0 saturated heterocycles. The maximum Gasteiger partial charge on any atom is 0.310 e. The summed E-state index contributed by atoms with van der Waals surface area (Å²) in [5.74, 6) is -0.608. The highest BCUT2D eigenvalue weighted by Gasteiger charge is 2.11. The van der Waals surface area contributed by atoms with Crippen molar-refractivity contribution in [3.05, 3.63) is 59.9 Å². The number of benzene rings is 2. The van der Waals surface area contributed by atoms with Crippen molar-refractivity contribution in [1.82, 2.24) is 5.48 Å². The minimum atomic E-state index is -0.673. The molecule has 0 aliphatic rings. The van der Waals surface area contributed by atoms with E-state index in [0.717, 1.165) is 16.6 Å². The van der Waals surface area contributed by atoms with Gasteiger partial charge in [0.15, 0.2) is 5.76 Å². The predicted octanol–water partition coefficient (Wildman–Crippen LogP) is 2.75. The molecule has 6 heteroatoms. The van der Waals surface area contributed by atoms with Crippen LogP contribution in [0.15, 0.2) is 52.9 Å². The molecule has 0 spiro atoms. The van der Waals surface area contributed by atoms with E-state index < -0.39 is 5.91 Å². The molecule has 0 aliphatic heterocycles. The van der Waals surface area contributed by atoms with Crippen molar-refractivity contribution in [3.63, 3.8) is 0 Å². The Labute approximate surface area is 126 Å². The number of carbonyl (C=O) groups is 1. The number of amides is 1. The fourth-order valence-corrected chi connectivity index (χ4v) is 2.23. The van der Waals surface area contributed by atoms with E-state index in [0.29, 0.717) is 17.8 Å². The first-order chi connectivity index (χ1) is 10.7. The van der Waals surface area contributed by atoms with Crippen LogP contribution in [0.5, 0.6) is 0 Å². The molecule has 2 aromatic carbocycles. The smallest absolute Gasteiger partial charge is 0.310 e. The molecule has 0 bridgehead atoms. The van der Waals surface area contributed by atoms with Gasteiger partial charge in [0.25, 0.3) is 0 Å². The van der Waals surface area contributed by atoms with Crippen molar-refractivity contribution in [3.8, 4) is 0 Å². The zero-order valence-corrected chi connectivity index (χ0v) is 11.7. The van der Waals surface area contributed by atoms with E-state index in [1.807, 2.05) is 36.4 Å². The second-order valence-corrected chi connectivity index (χ2v) is 4.86. The van der Waals surface area contributed by atoms with Crippen LogP contribution in [0.25, 0.3) is 11.0 Å². The zero-order chi connectivity index (χ0) is 15.5. The van der Waals surface area contributed by atoms with Gasteiger partial charge in [0.05, 0.1) is 11.4 Å². The Hall–Kier alpha value is -2.99. The fraction of sp³-hybridized carbons (Fsp3) is 0.0625. The molecular weight excluding hydrogens is 282 g/mol. The molecule has 1 heterocycles. The molecule has 0 fully saturated rings. The standard InChI is InChI=1S/C16H15N3O3/c17-12-3-1-2-4-13(12)18-9-10-5-6-14-11(7-10)8-15(22-14)16(20)19-21/h1-8,18,21H,9,17H2,(H,19,20). The Bertz CT molecular complexity index is 826. The Morgan fingerprint density at radius 2 is 2.00 bits per heavy atom. The van der Waals surface area contributed by atoms with Gasteiger partial charge in [-0.25, -0.2) is 5.48 Å². The molecule has 3 aromatic rings. The topological polar surface area (TPSA) is 101 Å². The Morgan fingerprint density at radius 3 is 2.77 bits per heavy atom. The SMILES string of the molecule is Nc1ccccc1NCc1ccc2oc(C(=O)NO)cc2c1. The van der Waals surface area contributed by atoms with Crippen LogP contribution in [0, 0.1) is 0 Å². The van der Waals surface area contributed by atoms with Gasteiger partial charge in [0.2, 0.25) is 0 Å². The number of furan rings is 1. The third kappa shape index (κ3) is 2.72. The number of nitrogens with two attached hydrogens (primary N) is 1. The number of nitrogens with one attached hydrogen (secondary N) is 2. The van der Waals surface area contributed by atoms with Gasteiger partial charge in [-0.2, -0.15) is 0 Å². The summed E-state index contributed by atoms with van der Waals surface area (Å²) in [7, 11) is 0. The van der Waals surface area contributed by atoms with Crippen LogP contribution in [-0.2, 0) is 6.54 Å². The normalized spacial score (nSPS) is 10.6. The maximum absolute atomic E-state index is 11.3. The van der Waals surface area contributed by atoms with E-state index in [1.165, 1.54) is 0 Å². The molecule has 112 valence electrons. The van der Waals surface area contributed by atoms with Crippen LogP contribution in [0.4, 0.5) is 11.4 Å². The number of hydroxylamine groups is 1. The highest BCUT2D eigenvalue weighted by atomic mass is 16.5. The Balaban J connectivity index is 1.80. The maximum atomic E-state index is 11.3. The van der Waals surface area contributed by atoms with Crippen molar-refractivity contribution in [2.75, 3.05) is 11.1 Å². The summed E-state index contributed by atoms with van der Waals surface area (Å²) in [6.45, 7) is 0.594. The average Bonchev–Trinajstić information content (AvgIpc) is 2.96. The first-order valence-electron chi connectivity index (χ1n) is 6.72. The summed E-state index contributed by atoms with van der Waals surface area (Å²) in [4.78, 5) is 11.3. The van der Waals surface area contributed by atoms with Crippen molar-refractivity contribution >= 4 is 28.3 Å². The van der Waals surface area contributed by atoms with Gasteiger partial charge in [-0.15, -0.1) is 0 Å². The van der Waals surface area contributed by atoms with Crippen molar-refractivity contribution in [1.29, 1.82) is 0 Å². The predicted molar refractivity (Wildman–Crippen MR) is 83.6 cm³/mol. The summed E-state index contributed by atoms with van der Waals surface area (Å²) in [5, 5.41) is 12.7. The lowest BCUT2D eigenvalue weighted by atomic mass is 10.1. The summed E-state index contributed by atoms with van der Waals surface area (Å²) >= 11 is 0. The van der Waals surface area contributed by atoms with Crippen molar-refractivity contribution < 1.29 is 14.4 Å². The number of rotatable bonds is 4. The number of nitrogen functional groups attached to an aromatic ring is 1. The number of hydrogen-bond acceptors (Lipinski definition) is 5. The molecule has 0 unspecified atom stereocenters. The van der Waals surface area contributed by atoms with Crippen molar-refractivity contribution in [2.45, 2.75) is 6.54 Å². The Morgan fingerprint density at radius 1 is 1.18 bits per heavy atom. The third-order valence-corrected chi connectivity index (χ3v) is 3.35. The lowest BCUT2D eigenvalue weighted by Crippen LogP contribution is -2.17. The van der Waals surface area contributed by atoms with E-state index in [-0.39, 0.29) is 5.76 Å².